The molecule has 0 saturated carbocycles. The number of ketones is 1. The Hall–Kier alpha value is -3.21. The maximum absolute atomic E-state index is 13.2. The molecule has 5 heteroatoms. The number of benzene rings is 2. The summed E-state index contributed by atoms with van der Waals surface area (Å²) in [4.78, 5) is 14.4. The molecule has 0 amide bonds. The van der Waals surface area contributed by atoms with E-state index >= 15 is 0 Å². The largest absolute Gasteiger partial charge is 0.383 e. The number of para-hydroxylation sites is 1. The van der Waals surface area contributed by atoms with Gasteiger partial charge in [-0.2, -0.15) is 5.10 Å². The maximum atomic E-state index is 13.2. The fraction of sp³-hybridized carbons (Fsp3) is 0.100. The first-order valence-corrected chi connectivity index (χ1v) is 7.84. The first-order chi connectivity index (χ1) is 12.0. The molecule has 25 heavy (non-hydrogen) atoms. The minimum atomic E-state index is -0.327. The zero-order valence-corrected chi connectivity index (χ0v) is 14.1. The lowest BCUT2D eigenvalue weighted by molar-refractivity contribution is 0.104. The topological polar surface area (TPSA) is 38.1 Å². The van der Waals surface area contributed by atoms with Crippen LogP contribution in [0, 0.1) is 5.82 Å². The van der Waals surface area contributed by atoms with Gasteiger partial charge in [0.1, 0.15) is 11.5 Å². The number of carbonyl (C=O) groups excluding carboxylic acids is 1. The lowest BCUT2D eigenvalue weighted by Gasteiger charge is -2.03. The van der Waals surface area contributed by atoms with Crippen LogP contribution in [0.4, 0.5) is 4.39 Å². The van der Waals surface area contributed by atoms with Crippen LogP contribution in [-0.2, 0) is 0 Å². The average Bonchev–Trinajstić information content (AvgIpc) is 3.06. The molecule has 0 bridgehead atoms. The Morgan fingerprint density at radius 2 is 1.76 bits per heavy atom. The second kappa shape index (κ2) is 7.13. The van der Waals surface area contributed by atoms with Crippen molar-refractivity contribution in [3.8, 4) is 16.9 Å². The van der Waals surface area contributed by atoms with Crippen molar-refractivity contribution in [3.63, 3.8) is 0 Å². The Balaban J connectivity index is 2.09. The fourth-order valence-corrected chi connectivity index (χ4v) is 2.39. The van der Waals surface area contributed by atoms with Crippen molar-refractivity contribution < 1.29 is 9.18 Å². The summed E-state index contributed by atoms with van der Waals surface area (Å²) in [6, 6.07) is 15.5. The van der Waals surface area contributed by atoms with Crippen LogP contribution >= 0.6 is 0 Å². The molecule has 0 saturated heterocycles. The van der Waals surface area contributed by atoms with Gasteiger partial charge in [0.15, 0.2) is 5.78 Å². The van der Waals surface area contributed by atoms with Crippen molar-refractivity contribution in [3.05, 3.63) is 84.5 Å². The van der Waals surface area contributed by atoms with Crippen molar-refractivity contribution >= 4 is 5.78 Å². The number of allylic oxidation sites excluding steroid dienone is 1. The third kappa shape index (κ3) is 3.83. The molecule has 0 unspecified atom stereocenters. The Labute approximate surface area is 145 Å². The van der Waals surface area contributed by atoms with Gasteiger partial charge in [-0.1, -0.05) is 18.2 Å². The molecular formula is C20H18FN3O. The number of rotatable bonds is 5. The van der Waals surface area contributed by atoms with Gasteiger partial charge in [0.05, 0.1) is 11.3 Å². The van der Waals surface area contributed by atoms with Crippen LogP contribution in [0.15, 0.2) is 73.1 Å². The first kappa shape index (κ1) is 16.6. The SMILES string of the molecule is CN(C)C=CC(=O)c1cn(-c2ccccc2)nc1-c1ccc(F)cc1. The van der Waals surface area contributed by atoms with Crippen LogP contribution in [0.25, 0.3) is 16.9 Å². The Bertz CT molecular complexity index is 896. The number of aromatic nitrogens is 2. The van der Waals surface area contributed by atoms with Crippen molar-refractivity contribution in [2.45, 2.75) is 0 Å². The van der Waals surface area contributed by atoms with Crippen molar-refractivity contribution in [2.24, 2.45) is 0 Å². The van der Waals surface area contributed by atoms with Gasteiger partial charge in [-0.05, 0) is 36.4 Å². The molecular weight excluding hydrogens is 317 g/mol. The van der Waals surface area contributed by atoms with Crippen LogP contribution in [0.2, 0.25) is 0 Å². The van der Waals surface area contributed by atoms with Crippen molar-refractivity contribution in [1.82, 2.24) is 14.7 Å². The monoisotopic (exact) mass is 335 g/mol. The molecule has 0 aliphatic rings. The molecule has 126 valence electrons. The van der Waals surface area contributed by atoms with Crippen molar-refractivity contribution in [2.75, 3.05) is 14.1 Å². The minimum Gasteiger partial charge on any atom is -0.383 e. The van der Waals surface area contributed by atoms with E-state index in [1.54, 1.807) is 34.1 Å². The summed E-state index contributed by atoms with van der Waals surface area (Å²) < 4.78 is 14.9. The highest BCUT2D eigenvalue weighted by Gasteiger charge is 2.17. The second-order valence-corrected chi connectivity index (χ2v) is 5.82. The lowest BCUT2D eigenvalue weighted by atomic mass is 10.1. The highest BCUT2D eigenvalue weighted by Crippen LogP contribution is 2.24. The van der Waals surface area contributed by atoms with E-state index in [9.17, 15) is 9.18 Å². The minimum absolute atomic E-state index is 0.157. The fourth-order valence-electron chi connectivity index (χ4n) is 2.39. The van der Waals surface area contributed by atoms with Crippen LogP contribution in [0.5, 0.6) is 0 Å². The van der Waals surface area contributed by atoms with Crippen molar-refractivity contribution in [1.29, 1.82) is 0 Å². The third-order valence-electron chi connectivity index (χ3n) is 3.64. The molecule has 0 radical (unpaired) electrons. The lowest BCUT2D eigenvalue weighted by Crippen LogP contribution is -2.03. The zero-order valence-electron chi connectivity index (χ0n) is 14.1. The molecule has 0 aliphatic carbocycles. The standard InChI is InChI=1S/C20H18FN3O/c1-23(2)13-12-19(25)18-14-24(17-6-4-3-5-7-17)22-20(18)15-8-10-16(21)11-9-15/h3-14H,1-2H3. The molecule has 0 fully saturated rings. The van der Waals surface area contributed by atoms with Crippen LogP contribution in [0.3, 0.4) is 0 Å². The first-order valence-electron chi connectivity index (χ1n) is 7.84. The van der Waals surface area contributed by atoms with E-state index < -0.39 is 0 Å². The highest BCUT2D eigenvalue weighted by atomic mass is 19.1. The predicted molar refractivity (Wildman–Crippen MR) is 96.1 cm³/mol. The summed E-state index contributed by atoms with van der Waals surface area (Å²) in [6.45, 7) is 0. The van der Waals surface area contributed by atoms with Gasteiger partial charge in [0.25, 0.3) is 0 Å². The summed E-state index contributed by atoms with van der Waals surface area (Å²) in [7, 11) is 3.69. The molecule has 2 aromatic carbocycles. The Kier molecular flexibility index (Phi) is 4.75. The highest BCUT2D eigenvalue weighted by molar-refractivity contribution is 6.08. The number of carbonyl (C=O) groups is 1. The average molecular weight is 335 g/mol. The molecule has 0 N–H and O–H groups in total. The van der Waals surface area contributed by atoms with Gasteiger partial charge in [-0.15, -0.1) is 0 Å². The number of nitrogens with zero attached hydrogens (tertiary/aromatic N) is 3. The summed E-state index contributed by atoms with van der Waals surface area (Å²) in [5.41, 5.74) is 2.53. The van der Waals surface area contributed by atoms with E-state index in [1.165, 1.54) is 18.2 Å². The van der Waals surface area contributed by atoms with E-state index in [0.717, 1.165) is 5.69 Å². The molecule has 0 aliphatic heterocycles. The summed E-state index contributed by atoms with van der Waals surface area (Å²) in [6.07, 6.45) is 4.90. The molecule has 3 rings (SSSR count). The van der Waals surface area contributed by atoms with Gasteiger partial charge < -0.3 is 4.90 Å². The van der Waals surface area contributed by atoms with E-state index in [4.69, 9.17) is 0 Å². The maximum Gasteiger partial charge on any atom is 0.191 e. The summed E-state index contributed by atoms with van der Waals surface area (Å²) >= 11 is 0. The second-order valence-electron chi connectivity index (χ2n) is 5.82. The van der Waals surface area contributed by atoms with E-state index in [0.29, 0.717) is 16.8 Å². The molecule has 4 nitrogen and oxygen atoms in total. The van der Waals surface area contributed by atoms with Crippen LogP contribution < -0.4 is 0 Å². The molecule has 1 heterocycles. The van der Waals surface area contributed by atoms with Gasteiger partial charge in [-0.25, -0.2) is 9.07 Å². The predicted octanol–water partition coefficient (Wildman–Crippen LogP) is 3.94. The quantitative estimate of drug-likeness (QED) is 0.524. The Morgan fingerprint density at radius 1 is 1.08 bits per heavy atom. The number of hydrogen-bond acceptors (Lipinski definition) is 3. The molecule has 3 aromatic rings. The Morgan fingerprint density at radius 3 is 2.40 bits per heavy atom. The van der Waals surface area contributed by atoms with E-state index in [-0.39, 0.29) is 11.6 Å². The van der Waals surface area contributed by atoms with Crippen LogP contribution in [0.1, 0.15) is 10.4 Å². The summed E-state index contributed by atoms with van der Waals surface area (Å²) in [5.74, 6) is -0.484. The van der Waals surface area contributed by atoms with Crippen LogP contribution in [-0.4, -0.2) is 34.6 Å². The van der Waals surface area contributed by atoms with Gasteiger partial charge in [-0.3, -0.25) is 4.79 Å². The van der Waals surface area contributed by atoms with E-state index in [2.05, 4.69) is 5.10 Å². The molecule has 0 spiro atoms. The van der Waals surface area contributed by atoms with Gasteiger partial charge in [0.2, 0.25) is 0 Å². The zero-order chi connectivity index (χ0) is 17.8. The number of halogens is 1. The van der Waals surface area contributed by atoms with E-state index in [1.807, 2.05) is 44.4 Å². The number of hydrogen-bond donors (Lipinski definition) is 0. The van der Waals surface area contributed by atoms with Gasteiger partial charge >= 0.3 is 0 Å². The third-order valence-corrected chi connectivity index (χ3v) is 3.64. The van der Waals surface area contributed by atoms with Gasteiger partial charge in [0, 0.05) is 38.1 Å². The molecule has 0 atom stereocenters. The molecule has 1 aromatic heterocycles. The summed E-state index contributed by atoms with van der Waals surface area (Å²) in [5, 5.41) is 4.55. The normalized spacial score (nSPS) is 11.0. The smallest absolute Gasteiger partial charge is 0.191 e.